The van der Waals surface area contributed by atoms with Gasteiger partial charge in [0.2, 0.25) is 0 Å². The third-order valence-corrected chi connectivity index (χ3v) is 11.8. The largest absolute Gasteiger partial charge is 0.310 e. The van der Waals surface area contributed by atoms with Crippen LogP contribution in [0.1, 0.15) is 82.8 Å². The molecule has 0 amide bonds. The van der Waals surface area contributed by atoms with E-state index in [-0.39, 0.29) is 121 Å². The van der Waals surface area contributed by atoms with Gasteiger partial charge in [0.05, 0.1) is 68.6 Å². The van der Waals surface area contributed by atoms with Crippen molar-refractivity contribution >= 4 is 111 Å². The minimum atomic E-state index is -1.60. The number of thiophene rings is 1. The van der Waals surface area contributed by atoms with Gasteiger partial charge in [-0.05, 0) is 86.7 Å². The molecule has 0 N–H and O–H groups in total. The molecule has 7 aromatic carbocycles. The zero-order chi connectivity index (χ0) is 56.3. The molecule has 5 heterocycles. The maximum Gasteiger partial charge on any atom is 0.252 e. The molecule has 0 saturated heterocycles. The molecule has 5 heteroatoms. The Hall–Kier alpha value is -5.78. The van der Waals surface area contributed by atoms with Crippen LogP contribution < -0.4 is 26.2 Å². The van der Waals surface area contributed by atoms with E-state index in [2.05, 4.69) is 0 Å². The first-order valence-electron chi connectivity index (χ1n) is 28.8. The zero-order valence-electron chi connectivity index (χ0n) is 52.3. The van der Waals surface area contributed by atoms with E-state index in [9.17, 15) is 21.9 Å². The van der Waals surface area contributed by atoms with Crippen LogP contribution in [0.5, 0.6) is 0 Å². The van der Waals surface area contributed by atoms with E-state index in [1.54, 1.807) is 41.5 Å². The Labute approximate surface area is 357 Å². The van der Waals surface area contributed by atoms with Gasteiger partial charge in [0.25, 0.3) is 6.71 Å². The Bertz CT molecular complexity index is 4420. The summed E-state index contributed by atoms with van der Waals surface area (Å²) in [6.07, 6.45) is 0. The summed E-state index contributed by atoms with van der Waals surface area (Å²) < 4.78 is 210. The highest BCUT2D eigenvalue weighted by molar-refractivity contribution is 7.26. The van der Waals surface area contributed by atoms with Gasteiger partial charge in [-0.1, -0.05) is 126 Å². The van der Waals surface area contributed by atoms with Gasteiger partial charge in [0, 0.05) is 43.3 Å². The van der Waals surface area contributed by atoms with Crippen LogP contribution in [0.4, 0.5) is 34.1 Å². The van der Waals surface area contributed by atoms with Gasteiger partial charge in [-0.2, -0.15) is 0 Å². The number of anilines is 6. The van der Waals surface area contributed by atoms with E-state index >= 15 is 0 Å². The molecular weight excluding hydrogens is 685 g/mol. The second-order valence-corrected chi connectivity index (χ2v) is 17.1. The van der Waals surface area contributed by atoms with Crippen molar-refractivity contribution in [3.63, 3.8) is 0 Å². The van der Waals surface area contributed by atoms with Gasteiger partial charge in [0.15, 0.2) is 0 Å². The molecule has 0 spiro atoms. The fourth-order valence-electron chi connectivity index (χ4n) is 8.21. The summed E-state index contributed by atoms with van der Waals surface area (Å²) in [4.78, 5) is 2.59. The molecule has 2 aromatic heterocycles. The minimum Gasteiger partial charge on any atom is -0.310 e. The summed E-state index contributed by atoms with van der Waals surface area (Å²) in [6, 6.07) is -13.0. The number of hydrogen-bond donors (Lipinski definition) is 0. The van der Waals surface area contributed by atoms with Crippen LogP contribution >= 0.6 is 11.3 Å². The standard InChI is InChI=1S/C50H40BN3S/c1-49(2,3)29-24-25-38-36(26-29)51-35-18-13-21-40-47(35)54(39-20-11-16-33-31-14-7-9-19-37(31)53(40)46(33)39)43-28-30(50(4,5)6)27-42(45(43)51)52(38)41-22-12-17-34-32-15-8-10-23-44(32)55-48(34)41/h7-28H,1-6H3/i7D,8D,9D,10D,11D,12D,13D,14D,15D,16D,17D,18D,19D,20D,21D,22D,23D,24D,25D,26D,27D,28D. The van der Waals surface area contributed by atoms with Crippen molar-refractivity contribution in [3.8, 4) is 5.69 Å². The molecule has 0 saturated carbocycles. The topological polar surface area (TPSA) is 11.4 Å². The monoisotopic (exact) mass is 747 g/mol. The number of hydrogen-bond acceptors (Lipinski definition) is 3. The van der Waals surface area contributed by atoms with Crippen LogP contribution in [0.2, 0.25) is 0 Å². The van der Waals surface area contributed by atoms with Gasteiger partial charge in [-0.3, -0.25) is 0 Å². The summed E-state index contributed by atoms with van der Waals surface area (Å²) in [5, 5.41) is -0.762. The second-order valence-electron chi connectivity index (χ2n) is 16.1. The van der Waals surface area contributed by atoms with Crippen molar-refractivity contribution in [3.05, 3.63) is 144 Å². The Kier molecular flexibility index (Phi) is 3.23. The molecule has 3 aliphatic heterocycles. The average molecular weight is 748 g/mol. The molecule has 0 bridgehead atoms. The number of fused-ring (bicyclic) bond motifs is 12. The number of para-hydroxylation sites is 3. The summed E-state index contributed by atoms with van der Waals surface area (Å²) in [5.41, 5.74) is -4.84. The van der Waals surface area contributed by atoms with Crippen molar-refractivity contribution in [1.29, 1.82) is 0 Å². The number of benzene rings is 7. The molecule has 264 valence electrons. The molecule has 55 heavy (non-hydrogen) atoms. The predicted molar refractivity (Wildman–Crippen MR) is 239 cm³/mol. The highest BCUT2D eigenvalue weighted by Gasteiger charge is 2.47. The lowest BCUT2D eigenvalue weighted by Gasteiger charge is -2.47. The van der Waals surface area contributed by atoms with E-state index in [1.807, 2.05) is 0 Å². The fraction of sp³-hybridized carbons (Fsp3) is 0.160. The molecule has 0 atom stereocenters. The summed E-state index contributed by atoms with van der Waals surface area (Å²) in [7, 11) is 0. The number of nitrogens with zero attached hydrogens (tertiary/aromatic N) is 3. The quantitative estimate of drug-likeness (QED) is 0.155. The van der Waals surface area contributed by atoms with Crippen molar-refractivity contribution in [2.24, 2.45) is 0 Å². The summed E-state index contributed by atoms with van der Waals surface area (Å²) in [6.45, 7) is 8.69. The Morgan fingerprint density at radius 3 is 1.96 bits per heavy atom. The van der Waals surface area contributed by atoms with Crippen LogP contribution in [0.15, 0.2) is 133 Å². The molecule has 0 fully saturated rings. The Morgan fingerprint density at radius 2 is 1.16 bits per heavy atom. The summed E-state index contributed by atoms with van der Waals surface area (Å²) in [5.74, 6) is 0. The maximum absolute atomic E-state index is 10.5. The van der Waals surface area contributed by atoms with Crippen LogP contribution in [-0.2, 0) is 10.8 Å². The molecule has 9 aromatic rings. The smallest absolute Gasteiger partial charge is 0.252 e. The molecule has 0 radical (unpaired) electrons. The number of rotatable bonds is 1. The van der Waals surface area contributed by atoms with Crippen molar-refractivity contribution in [2.45, 2.75) is 52.4 Å². The average Bonchev–Trinajstić information content (AvgIpc) is 4.19. The Morgan fingerprint density at radius 1 is 0.509 bits per heavy atom. The molecule has 12 rings (SSSR count). The van der Waals surface area contributed by atoms with Crippen molar-refractivity contribution in [2.75, 3.05) is 9.80 Å². The highest BCUT2D eigenvalue weighted by atomic mass is 32.1. The normalized spacial score (nSPS) is 19.9. The van der Waals surface area contributed by atoms with Gasteiger partial charge < -0.3 is 14.4 Å². The van der Waals surface area contributed by atoms with Gasteiger partial charge in [-0.15, -0.1) is 11.3 Å². The van der Waals surface area contributed by atoms with Gasteiger partial charge >= 0.3 is 0 Å². The van der Waals surface area contributed by atoms with Crippen molar-refractivity contribution < 1.29 is 30.2 Å². The molecule has 0 unspecified atom stereocenters. The lowest BCUT2D eigenvalue weighted by atomic mass is 9.33. The van der Waals surface area contributed by atoms with Crippen LogP contribution in [-0.4, -0.2) is 11.3 Å². The molecular formula is C50H40BN3S. The first-order valence-corrected chi connectivity index (χ1v) is 18.6. The minimum absolute atomic E-state index is 0.00798. The summed E-state index contributed by atoms with van der Waals surface area (Å²) >= 11 is 0.769. The van der Waals surface area contributed by atoms with Crippen LogP contribution in [0, 0.1) is 0 Å². The third-order valence-electron chi connectivity index (χ3n) is 10.7. The zero-order valence-corrected chi connectivity index (χ0v) is 31.1. The number of aromatic nitrogens is 1. The van der Waals surface area contributed by atoms with E-state index in [0.29, 0.717) is 0 Å². The second kappa shape index (κ2) is 10.5. The van der Waals surface area contributed by atoms with E-state index in [4.69, 9.17) is 8.22 Å². The van der Waals surface area contributed by atoms with E-state index in [1.165, 1.54) is 14.4 Å². The Balaban J connectivity index is 1.42. The molecule has 0 aliphatic carbocycles. The first-order chi connectivity index (χ1) is 35.8. The molecule has 3 nitrogen and oxygen atoms in total. The van der Waals surface area contributed by atoms with E-state index < -0.39 is 138 Å². The highest BCUT2D eigenvalue weighted by Crippen LogP contribution is 2.54. The van der Waals surface area contributed by atoms with Crippen LogP contribution in [0.3, 0.4) is 0 Å². The third kappa shape index (κ3) is 4.06. The van der Waals surface area contributed by atoms with Gasteiger partial charge in [0.1, 0.15) is 0 Å². The predicted octanol–water partition coefficient (Wildman–Crippen LogP) is 12.1. The van der Waals surface area contributed by atoms with E-state index in [0.717, 1.165) is 11.3 Å². The molecule has 3 aliphatic rings. The van der Waals surface area contributed by atoms with Gasteiger partial charge in [-0.25, -0.2) is 0 Å². The maximum atomic E-state index is 10.5. The SMILES string of the molecule is [2H]c1c([2H])c2c3c(c1[2H])-n1c4c([2H])c([2H])c([2H])c([2H])c4c4c([2H])c([2H])c([2H])c(c41)N3c1c([2H])c(C(C)(C)C)c([2H])c3c1B2c1c([2H])c(C(C)(C)C)c([2H])c([2H])c1N3c1c([2H])c([2H])c([2H])c2c1sc1c([2H])c([2H])c([2H])c([2H])c12. The first kappa shape index (κ1) is 16.9. The van der Waals surface area contributed by atoms with Crippen LogP contribution in [0.25, 0.3) is 47.7 Å². The lowest BCUT2D eigenvalue weighted by molar-refractivity contribution is 0.590. The lowest BCUT2D eigenvalue weighted by Crippen LogP contribution is -2.62. The fourth-order valence-corrected chi connectivity index (χ4v) is 9.26. The van der Waals surface area contributed by atoms with Crippen molar-refractivity contribution in [1.82, 2.24) is 4.57 Å².